The van der Waals surface area contributed by atoms with Crippen molar-refractivity contribution in [2.75, 3.05) is 5.32 Å². The van der Waals surface area contributed by atoms with Crippen LogP contribution in [0, 0.1) is 13.8 Å². The average Bonchev–Trinajstić information content (AvgIpc) is 2.76. The maximum absolute atomic E-state index is 11.8. The van der Waals surface area contributed by atoms with E-state index in [-0.39, 0.29) is 5.91 Å². The molecule has 1 aromatic carbocycles. The van der Waals surface area contributed by atoms with E-state index in [0.29, 0.717) is 5.69 Å². The molecule has 0 unspecified atom stereocenters. The molecule has 0 aliphatic heterocycles. The van der Waals surface area contributed by atoms with Crippen LogP contribution in [0.2, 0.25) is 0 Å². The summed E-state index contributed by atoms with van der Waals surface area (Å²) >= 11 is 4.60. The minimum atomic E-state index is -0.244. The molecule has 17 heavy (non-hydrogen) atoms. The first-order chi connectivity index (χ1) is 8.08. The lowest BCUT2D eigenvalue weighted by molar-refractivity contribution is 0.102. The van der Waals surface area contributed by atoms with E-state index in [4.69, 9.17) is 0 Å². The van der Waals surface area contributed by atoms with E-state index in [1.807, 2.05) is 26.0 Å². The molecule has 88 valence electrons. The maximum Gasteiger partial charge on any atom is 0.277 e. The molecule has 0 saturated carbocycles. The van der Waals surface area contributed by atoms with Crippen molar-refractivity contribution in [2.24, 2.45) is 0 Å². The van der Waals surface area contributed by atoms with Crippen LogP contribution < -0.4 is 5.32 Å². The number of rotatable bonds is 2. The zero-order valence-electron chi connectivity index (χ0n) is 9.32. The molecule has 0 aliphatic carbocycles. The summed E-state index contributed by atoms with van der Waals surface area (Å²) in [4.78, 5) is 11.8. The smallest absolute Gasteiger partial charge is 0.277 e. The average molecular weight is 312 g/mol. The van der Waals surface area contributed by atoms with Crippen molar-refractivity contribution >= 4 is 39.1 Å². The van der Waals surface area contributed by atoms with Crippen molar-refractivity contribution < 1.29 is 4.79 Å². The van der Waals surface area contributed by atoms with Crippen LogP contribution in [0.4, 0.5) is 5.69 Å². The predicted octanol–water partition coefficient (Wildman–Crippen LogP) is 3.17. The minimum Gasteiger partial charge on any atom is -0.319 e. The van der Waals surface area contributed by atoms with E-state index in [1.54, 1.807) is 5.38 Å². The number of aromatic nitrogens is 2. The normalized spacial score (nSPS) is 10.3. The Balaban J connectivity index is 2.28. The molecule has 0 saturated heterocycles. The maximum atomic E-state index is 11.8. The van der Waals surface area contributed by atoms with Crippen molar-refractivity contribution in [1.82, 2.24) is 9.59 Å². The Bertz CT molecular complexity index is 531. The second-order valence-electron chi connectivity index (χ2n) is 3.68. The third kappa shape index (κ3) is 2.70. The topological polar surface area (TPSA) is 54.9 Å². The molecule has 2 rings (SSSR count). The van der Waals surface area contributed by atoms with Gasteiger partial charge in [0.05, 0.1) is 5.69 Å². The first-order valence-electron chi connectivity index (χ1n) is 4.93. The van der Waals surface area contributed by atoms with Gasteiger partial charge in [-0.3, -0.25) is 4.79 Å². The largest absolute Gasteiger partial charge is 0.319 e. The summed E-state index contributed by atoms with van der Waals surface area (Å²) < 4.78 is 4.53. The van der Waals surface area contributed by atoms with E-state index in [0.717, 1.165) is 32.8 Å². The summed E-state index contributed by atoms with van der Waals surface area (Å²) in [5.74, 6) is -0.244. The molecule has 4 nitrogen and oxygen atoms in total. The Morgan fingerprint density at radius 1 is 1.41 bits per heavy atom. The predicted molar refractivity (Wildman–Crippen MR) is 71.5 cm³/mol. The van der Waals surface area contributed by atoms with Gasteiger partial charge >= 0.3 is 0 Å². The van der Waals surface area contributed by atoms with Gasteiger partial charge in [-0.2, -0.15) is 0 Å². The van der Waals surface area contributed by atoms with Gasteiger partial charge < -0.3 is 5.32 Å². The van der Waals surface area contributed by atoms with E-state index >= 15 is 0 Å². The molecule has 0 radical (unpaired) electrons. The fraction of sp³-hybridized carbons (Fsp3) is 0.182. The van der Waals surface area contributed by atoms with Crippen LogP contribution in [0.3, 0.4) is 0 Å². The highest BCUT2D eigenvalue weighted by atomic mass is 79.9. The number of hydrogen-bond donors (Lipinski definition) is 1. The van der Waals surface area contributed by atoms with E-state index in [9.17, 15) is 4.79 Å². The number of aryl methyl sites for hydroxylation is 2. The lowest BCUT2D eigenvalue weighted by atomic mass is 10.1. The van der Waals surface area contributed by atoms with Gasteiger partial charge in [-0.25, -0.2) is 0 Å². The Labute approximate surface area is 111 Å². The number of nitrogens with zero attached hydrogens (tertiary/aromatic N) is 2. The van der Waals surface area contributed by atoms with Crippen LogP contribution in [-0.2, 0) is 0 Å². The standard InChI is InChI=1S/C11H10BrN3OS/c1-6-3-7(2)10(8(12)4-6)13-11(16)9-5-17-15-14-9/h3-5H,1-2H3,(H,13,16). The molecule has 6 heteroatoms. The van der Waals surface area contributed by atoms with E-state index in [1.165, 1.54) is 0 Å². The Morgan fingerprint density at radius 3 is 2.76 bits per heavy atom. The van der Waals surface area contributed by atoms with Gasteiger partial charge in [-0.05, 0) is 58.5 Å². The van der Waals surface area contributed by atoms with Gasteiger partial charge in [-0.1, -0.05) is 10.6 Å². The number of carbonyl (C=O) groups is 1. The third-order valence-corrected chi connectivity index (χ3v) is 3.39. The van der Waals surface area contributed by atoms with Crippen molar-refractivity contribution in [3.05, 3.63) is 38.8 Å². The van der Waals surface area contributed by atoms with E-state index in [2.05, 4.69) is 30.8 Å². The SMILES string of the molecule is Cc1cc(C)c(NC(=O)c2csnn2)c(Br)c1. The first kappa shape index (κ1) is 12.2. The molecule has 1 N–H and O–H groups in total. The molecule has 0 bridgehead atoms. The Morgan fingerprint density at radius 2 is 2.18 bits per heavy atom. The molecule has 1 amide bonds. The zero-order chi connectivity index (χ0) is 12.4. The number of amides is 1. The summed E-state index contributed by atoms with van der Waals surface area (Å²) in [7, 11) is 0. The fourth-order valence-corrected chi connectivity index (χ4v) is 2.72. The van der Waals surface area contributed by atoms with Crippen LogP contribution in [0.5, 0.6) is 0 Å². The molecule has 1 aromatic heterocycles. The van der Waals surface area contributed by atoms with Gasteiger partial charge in [0.25, 0.3) is 5.91 Å². The second kappa shape index (κ2) is 4.93. The van der Waals surface area contributed by atoms with Crippen molar-refractivity contribution in [2.45, 2.75) is 13.8 Å². The van der Waals surface area contributed by atoms with Crippen LogP contribution in [-0.4, -0.2) is 15.5 Å². The fourth-order valence-electron chi connectivity index (χ4n) is 1.52. The molecule has 0 spiro atoms. The summed E-state index contributed by atoms with van der Waals surface area (Å²) in [6.07, 6.45) is 0. The van der Waals surface area contributed by atoms with Crippen LogP contribution >= 0.6 is 27.5 Å². The van der Waals surface area contributed by atoms with Crippen molar-refractivity contribution in [3.63, 3.8) is 0 Å². The van der Waals surface area contributed by atoms with Crippen molar-refractivity contribution in [3.8, 4) is 0 Å². The summed E-state index contributed by atoms with van der Waals surface area (Å²) in [5.41, 5.74) is 3.26. The molecule has 0 atom stereocenters. The zero-order valence-corrected chi connectivity index (χ0v) is 11.7. The third-order valence-electron chi connectivity index (χ3n) is 2.26. The van der Waals surface area contributed by atoms with Gasteiger partial charge in [-0.15, -0.1) is 5.10 Å². The highest BCUT2D eigenvalue weighted by Gasteiger charge is 2.12. The molecular weight excluding hydrogens is 302 g/mol. The number of benzene rings is 1. The second-order valence-corrected chi connectivity index (χ2v) is 5.15. The first-order valence-corrected chi connectivity index (χ1v) is 6.56. The Kier molecular flexibility index (Phi) is 3.54. The highest BCUT2D eigenvalue weighted by molar-refractivity contribution is 9.10. The molecular formula is C11H10BrN3OS. The number of hydrogen-bond acceptors (Lipinski definition) is 4. The van der Waals surface area contributed by atoms with Crippen LogP contribution in [0.1, 0.15) is 21.6 Å². The van der Waals surface area contributed by atoms with Gasteiger partial charge in [0.2, 0.25) is 0 Å². The number of nitrogens with one attached hydrogen (secondary N) is 1. The molecule has 0 fully saturated rings. The summed E-state index contributed by atoms with van der Waals surface area (Å²) in [6.45, 7) is 3.96. The number of halogens is 1. The highest BCUT2D eigenvalue weighted by Crippen LogP contribution is 2.28. The Hall–Kier alpha value is -1.27. The van der Waals surface area contributed by atoms with Crippen LogP contribution in [0.25, 0.3) is 0 Å². The lowest BCUT2D eigenvalue weighted by Gasteiger charge is -2.10. The van der Waals surface area contributed by atoms with Gasteiger partial charge in [0.1, 0.15) is 0 Å². The van der Waals surface area contributed by atoms with Crippen LogP contribution in [0.15, 0.2) is 22.0 Å². The van der Waals surface area contributed by atoms with Gasteiger partial charge in [0.15, 0.2) is 5.69 Å². The molecule has 0 aliphatic rings. The minimum absolute atomic E-state index is 0.244. The number of anilines is 1. The quantitative estimate of drug-likeness (QED) is 0.926. The van der Waals surface area contributed by atoms with Gasteiger partial charge in [0, 0.05) is 9.85 Å². The lowest BCUT2D eigenvalue weighted by Crippen LogP contribution is -2.13. The summed E-state index contributed by atoms with van der Waals surface area (Å²) in [6, 6.07) is 3.97. The number of carbonyl (C=O) groups excluding carboxylic acids is 1. The molecule has 1 heterocycles. The monoisotopic (exact) mass is 311 g/mol. The summed E-state index contributed by atoms with van der Waals surface area (Å²) in [5, 5.41) is 8.17. The molecule has 2 aromatic rings. The van der Waals surface area contributed by atoms with Crippen molar-refractivity contribution in [1.29, 1.82) is 0 Å². The van der Waals surface area contributed by atoms with E-state index < -0.39 is 0 Å².